The van der Waals surface area contributed by atoms with E-state index in [-0.39, 0.29) is 18.0 Å². The molecule has 3 N–H and O–H groups in total. The Bertz CT molecular complexity index is 711. The number of aryl methyl sites for hydroxylation is 2. The van der Waals surface area contributed by atoms with Gasteiger partial charge in [0.15, 0.2) is 0 Å². The smallest absolute Gasteiger partial charge is 0.315 e. The predicted octanol–water partition coefficient (Wildman–Crippen LogP) is 2.49. The van der Waals surface area contributed by atoms with Crippen molar-refractivity contribution in [2.45, 2.75) is 26.8 Å². The SMILES string of the molecule is Cc1cc(C)cc([C@H](C)NC(=O)NCCNC(=O)c2cccnc2)c1. The number of nitrogens with one attached hydrogen (secondary N) is 3. The van der Waals surface area contributed by atoms with Crippen molar-refractivity contribution in [1.29, 1.82) is 0 Å². The van der Waals surface area contributed by atoms with E-state index in [1.165, 1.54) is 17.3 Å². The maximum atomic E-state index is 12.0. The molecule has 1 atom stereocenters. The lowest BCUT2D eigenvalue weighted by Crippen LogP contribution is -2.41. The quantitative estimate of drug-likeness (QED) is 0.707. The average Bonchev–Trinajstić information content (AvgIpc) is 2.58. The van der Waals surface area contributed by atoms with E-state index in [4.69, 9.17) is 0 Å². The van der Waals surface area contributed by atoms with E-state index in [1.54, 1.807) is 18.3 Å². The first-order valence-corrected chi connectivity index (χ1v) is 8.26. The standard InChI is InChI=1S/C19H24N4O2/c1-13-9-14(2)11-17(10-13)15(3)23-19(25)22-8-7-21-18(24)16-5-4-6-20-12-16/h4-6,9-12,15H,7-8H2,1-3H3,(H,21,24)(H2,22,23,25)/t15-/m0/s1. The van der Waals surface area contributed by atoms with Crippen LogP contribution in [0.5, 0.6) is 0 Å². The third kappa shape index (κ3) is 5.91. The number of benzene rings is 1. The van der Waals surface area contributed by atoms with E-state index in [9.17, 15) is 9.59 Å². The maximum absolute atomic E-state index is 12.0. The Morgan fingerprint density at radius 3 is 2.40 bits per heavy atom. The van der Waals surface area contributed by atoms with Gasteiger partial charge < -0.3 is 16.0 Å². The number of aromatic nitrogens is 1. The Kier molecular flexibility index (Phi) is 6.51. The number of carbonyl (C=O) groups is 2. The summed E-state index contributed by atoms with van der Waals surface area (Å²) in [7, 11) is 0. The number of pyridine rings is 1. The lowest BCUT2D eigenvalue weighted by molar-refractivity contribution is 0.0953. The summed E-state index contributed by atoms with van der Waals surface area (Å²) in [5.74, 6) is -0.209. The van der Waals surface area contributed by atoms with Crippen molar-refractivity contribution >= 4 is 11.9 Å². The van der Waals surface area contributed by atoms with Gasteiger partial charge in [-0.3, -0.25) is 9.78 Å². The van der Waals surface area contributed by atoms with Crippen LogP contribution in [0.4, 0.5) is 4.79 Å². The monoisotopic (exact) mass is 340 g/mol. The van der Waals surface area contributed by atoms with Gasteiger partial charge in [-0.25, -0.2) is 4.79 Å². The van der Waals surface area contributed by atoms with Crippen molar-refractivity contribution in [3.8, 4) is 0 Å². The first kappa shape index (κ1) is 18.4. The largest absolute Gasteiger partial charge is 0.350 e. The number of nitrogens with zero attached hydrogens (tertiary/aromatic N) is 1. The second-order valence-corrected chi connectivity index (χ2v) is 6.04. The van der Waals surface area contributed by atoms with Gasteiger partial charge in [0.05, 0.1) is 11.6 Å². The van der Waals surface area contributed by atoms with Gasteiger partial charge in [0.1, 0.15) is 0 Å². The molecular formula is C19H24N4O2. The van der Waals surface area contributed by atoms with Gasteiger partial charge in [-0.1, -0.05) is 29.3 Å². The molecule has 2 aromatic rings. The molecule has 1 aromatic carbocycles. The molecule has 0 fully saturated rings. The minimum Gasteiger partial charge on any atom is -0.350 e. The fourth-order valence-electron chi connectivity index (χ4n) is 2.54. The zero-order valence-electron chi connectivity index (χ0n) is 14.8. The molecule has 0 spiro atoms. The number of rotatable bonds is 6. The summed E-state index contributed by atoms with van der Waals surface area (Å²) in [6, 6.07) is 9.26. The van der Waals surface area contributed by atoms with Crippen molar-refractivity contribution in [1.82, 2.24) is 20.9 Å². The van der Waals surface area contributed by atoms with Crippen LogP contribution >= 0.6 is 0 Å². The minimum absolute atomic E-state index is 0.0939. The highest BCUT2D eigenvalue weighted by Crippen LogP contribution is 2.16. The first-order valence-electron chi connectivity index (χ1n) is 8.26. The van der Waals surface area contributed by atoms with Gasteiger partial charge in [-0.2, -0.15) is 0 Å². The second-order valence-electron chi connectivity index (χ2n) is 6.04. The van der Waals surface area contributed by atoms with Crippen molar-refractivity contribution in [2.75, 3.05) is 13.1 Å². The van der Waals surface area contributed by atoms with E-state index in [0.717, 1.165) is 5.56 Å². The van der Waals surface area contributed by atoms with Crippen LogP contribution in [0.25, 0.3) is 0 Å². The lowest BCUT2D eigenvalue weighted by Gasteiger charge is -2.16. The van der Waals surface area contributed by atoms with Crippen molar-refractivity contribution in [2.24, 2.45) is 0 Å². The van der Waals surface area contributed by atoms with Gasteiger partial charge in [0.2, 0.25) is 0 Å². The summed E-state index contributed by atoms with van der Waals surface area (Å²) in [5.41, 5.74) is 3.90. The molecule has 1 heterocycles. The van der Waals surface area contributed by atoms with Gasteiger partial charge in [-0.15, -0.1) is 0 Å². The van der Waals surface area contributed by atoms with Crippen LogP contribution in [-0.4, -0.2) is 30.0 Å². The molecule has 1 aromatic heterocycles. The van der Waals surface area contributed by atoms with Gasteiger partial charge in [0, 0.05) is 25.5 Å². The van der Waals surface area contributed by atoms with E-state index in [2.05, 4.69) is 39.1 Å². The highest BCUT2D eigenvalue weighted by atomic mass is 16.2. The molecule has 0 saturated carbocycles. The Hall–Kier alpha value is -2.89. The van der Waals surface area contributed by atoms with Crippen molar-refractivity contribution in [3.05, 3.63) is 65.0 Å². The Balaban J connectivity index is 1.72. The number of hydrogen-bond donors (Lipinski definition) is 3. The van der Waals surface area contributed by atoms with Crippen LogP contribution in [0.1, 0.15) is 40.0 Å². The van der Waals surface area contributed by atoms with Gasteiger partial charge >= 0.3 is 6.03 Å². The molecule has 0 aliphatic rings. The number of amides is 3. The third-order valence-corrected chi connectivity index (χ3v) is 3.71. The normalized spacial score (nSPS) is 11.5. The lowest BCUT2D eigenvalue weighted by atomic mass is 10.0. The van der Waals surface area contributed by atoms with Crippen LogP contribution in [0.3, 0.4) is 0 Å². The van der Waals surface area contributed by atoms with E-state index in [1.807, 2.05) is 20.8 Å². The highest BCUT2D eigenvalue weighted by molar-refractivity contribution is 5.93. The minimum atomic E-state index is -0.262. The average molecular weight is 340 g/mol. The molecule has 0 aliphatic carbocycles. The molecule has 0 saturated heterocycles. The van der Waals surface area contributed by atoms with Crippen LogP contribution in [0, 0.1) is 13.8 Å². The molecule has 2 rings (SSSR count). The van der Waals surface area contributed by atoms with Gasteiger partial charge in [-0.05, 0) is 38.5 Å². The van der Waals surface area contributed by atoms with Crippen LogP contribution < -0.4 is 16.0 Å². The fourth-order valence-corrected chi connectivity index (χ4v) is 2.54. The Morgan fingerprint density at radius 1 is 1.08 bits per heavy atom. The van der Waals surface area contributed by atoms with Crippen molar-refractivity contribution in [3.63, 3.8) is 0 Å². The summed E-state index contributed by atoms with van der Waals surface area (Å²) in [5, 5.41) is 8.37. The summed E-state index contributed by atoms with van der Waals surface area (Å²) in [6.45, 7) is 6.71. The molecule has 0 radical (unpaired) electrons. The molecule has 132 valence electrons. The van der Waals surface area contributed by atoms with Crippen LogP contribution in [-0.2, 0) is 0 Å². The Morgan fingerprint density at radius 2 is 1.76 bits per heavy atom. The maximum Gasteiger partial charge on any atom is 0.315 e. The van der Waals surface area contributed by atoms with Crippen LogP contribution in [0.2, 0.25) is 0 Å². The van der Waals surface area contributed by atoms with Crippen molar-refractivity contribution < 1.29 is 9.59 Å². The topological polar surface area (TPSA) is 83.1 Å². The van der Waals surface area contributed by atoms with Gasteiger partial charge in [0.25, 0.3) is 5.91 Å². The predicted molar refractivity (Wildman–Crippen MR) is 97.4 cm³/mol. The summed E-state index contributed by atoms with van der Waals surface area (Å²) >= 11 is 0. The van der Waals surface area contributed by atoms with E-state index < -0.39 is 0 Å². The molecule has 6 heteroatoms. The molecule has 0 unspecified atom stereocenters. The zero-order valence-corrected chi connectivity index (χ0v) is 14.8. The van der Waals surface area contributed by atoms with E-state index in [0.29, 0.717) is 18.7 Å². The zero-order chi connectivity index (χ0) is 18.2. The molecule has 0 bridgehead atoms. The van der Waals surface area contributed by atoms with Crippen LogP contribution in [0.15, 0.2) is 42.7 Å². The second kappa shape index (κ2) is 8.82. The number of urea groups is 1. The fraction of sp³-hybridized carbons (Fsp3) is 0.316. The molecule has 6 nitrogen and oxygen atoms in total. The summed E-state index contributed by atoms with van der Waals surface area (Å²) in [6.07, 6.45) is 3.11. The number of carbonyl (C=O) groups excluding carboxylic acids is 2. The molecule has 25 heavy (non-hydrogen) atoms. The van der Waals surface area contributed by atoms with E-state index >= 15 is 0 Å². The Labute approximate surface area is 148 Å². The third-order valence-electron chi connectivity index (χ3n) is 3.71. The first-order chi connectivity index (χ1) is 12.0. The summed E-state index contributed by atoms with van der Waals surface area (Å²) < 4.78 is 0. The summed E-state index contributed by atoms with van der Waals surface area (Å²) in [4.78, 5) is 27.7. The molecular weight excluding hydrogens is 316 g/mol. The molecule has 0 aliphatic heterocycles. The molecule has 3 amide bonds. The number of hydrogen-bond acceptors (Lipinski definition) is 3. The highest BCUT2D eigenvalue weighted by Gasteiger charge is 2.10.